The Labute approximate surface area is 214 Å². The summed E-state index contributed by atoms with van der Waals surface area (Å²) in [6.45, 7) is 8.67. The minimum Gasteiger partial charge on any atom is -0.352 e. The molecular weight excluding hydrogens is 442 g/mol. The van der Waals surface area contributed by atoms with E-state index in [1.807, 2.05) is 0 Å². The van der Waals surface area contributed by atoms with Crippen LogP contribution in [0, 0.1) is 12.8 Å². The van der Waals surface area contributed by atoms with Crippen LogP contribution < -0.4 is 5.32 Å². The smallest absolute Gasteiger partial charge is 0.223 e. The number of aromatic nitrogens is 1. The highest BCUT2D eigenvalue weighted by Crippen LogP contribution is 2.25. The molecule has 186 valence electrons. The average Bonchev–Trinajstić information content (AvgIpc) is 3.26. The minimum absolute atomic E-state index is 0.106. The molecule has 36 heavy (non-hydrogen) atoms. The Morgan fingerprint density at radius 2 is 1.58 bits per heavy atom. The number of fused-ring (bicyclic) bond motifs is 1. The van der Waals surface area contributed by atoms with E-state index in [-0.39, 0.29) is 11.8 Å². The Balaban J connectivity index is 1.20. The molecular formula is C32H37N3O. The largest absolute Gasteiger partial charge is 0.352 e. The molecule has 0 atom stereocenters. The van der Waals surface area contributed by atoms with E-state index in [0.29, 0.717) is 6.54 Å². The summed E-state index contributed by atoms with van der Waals surface area (Å²) in [6.07, 6.45) is 2.87. The van der Waals surface area contributed by atoms with Crippen molar-refractivity contribution in [1.29, 1.82) is 0 Å². The van der Waals surface area contributed by atoms with Crippen LogP contribution >= 0.6 is 0 Å². The summed E-state index contributed by atoms with van der Waals surface area (Å²) >= 11 is 0. The zero-order valence-electron chi connectivity index (χ0n) is 21.5. The third-order valence-corrected chi connectivity index (χ3v) is 7.73. The molecule has 0 spiro atoms. The van der Waals surface area contributed by atoms with E-state index < -0.39 is 0 Å². The number of para-hydroxylation sites is 1. The Morgan fingerprint density at radius 3 is 2.33 bits per heavy atom. The number of likely N-dealkylation sites (tertiary alicyclic amines) is 1. The van der Waals surface area contributed by atoms with Crippen molar-refractivity contribution in [2.24, 2.45) is 5.92 Å². The Bertz CT molecular complexity index is 1310. The maximum absolute atomic E-state index is 12.8. The molecule has 5 rings (SSSR count). The average molecular weight is 480 g/mol. The van der Waals surface area contributed by atoms with Crippen molar-refractivity contribution in [3.63, 3.8) is 0 Å². The van der Waals surface area contributed by atoms with E-state index in [1.54, 1.807) is 0 Å². The number of nitrogens with one attached hydrogen (secondary N) is 1. The number of hydrogen-bond donors (Lipinski definition) is 1. The minimum atomic E-state index is 0.106. The summed E-state index contributed by atoms with van der Waals surface area (Å²) in [7, 11) is 0. The van der Waals surface area contributed by atoms with Crippen LogP contribution in [0.2, 0.25) is 0 Å². The van der Waals surface area contributed by atoms with E-state index in [0.717, 1.165) is 45.4 Å². The third kappa shape index (κ3) is 5.55. The second-order valence-electron chi connectivity index (χ2n) is 10.1. The normalized spacial score (nSPS) is 14.8. The van der Waals surface area contributed by atoms with Crippen LogP contribution in [0.4, 0.5) is 0 Å². The van der Waals surface area contributed by atoms with Crippen LogP contribution in [0.3, 0.4) is 0 Å². The molecule has 4 heteroatoms. The van der Waals surface area contributed by atoms with E-state index in [1.165, 1.54) is 38.9 Å². The van der Waals surface area contributed by atoms with Gasteiger partial charge in [-0.05, 0) is 79.0 Å². The fourth-order valence-electron chi connectivity index (χ4n) is 5.35. The van der Waals surface area contributed by atoms with E-state index >= 15 is 0 Å². The predicted octanol–water partition coefficient (Wildman–Crippen LogP) is 6.09. The molecule has 0 aliphatic carbocycles. The first kappa shape index (κ1) is 24.3. The molecule has 1 amide bonds. The standard InChI is InChI=1S/C32H37N3O/c1-3-25-12-14-26(15-13-25)21-33-32(36)27-16-18-34(19-17-27)23-30-20-28-9-6-7-11-31(28)35(30)22-29-10-5-4-8-24(29)2/h4-15,20,27H,3,16-19,21-23H2,1-2H3,(H,33,36). The van der Waals surface area contributed by atoms with Crippen LogP contribution in [0.25, 0.3) is 10.9 Å². The molecule has 4 nitrogen and oxygen atoms in total. The molecule has 1 saturated heterocycles. The third-order valence-electron chi connectivity index (χ3n) is 7.73. The number of rotatable bonds is 8. The van der Waals surface area contributed by atoms with E-state index in [2.05, 4.69) is 107 Å². The van der Waals surface area contributed by atoms with Gasteiger partial charge in [0.25, 0.3) is 0 Å². The van der Waals surface area contributed by atoms with Crippen molar-refractivity contribution >= 4 is 16.8 Å². The van der Waals surface area contributed by atoms with Gasteiger partial charge < -0.3 is 9.88 Å². The lowest BCUT2D eigenvalue weighted by atomic mass is 9.95. The van der Waals surface area contributed by atoms with Gasteiger partial charge in [-0.3, -0.25) is 9.69 Å². The lowest BCUT2D eigenvalue weighted by Crippen LogP contribution is -2.40. The molecule has 0 saturated carbocycles. The Kier molecular flexibility index (Phi) is 7.52. The molecule has 2 heterocycles. The molecule has 1 aromatic heterocycles. The first-order valence-corrected chi connectivity index (χ1v) is 13.3. The molecule has 1 aliphatic heterocycles. The highest BCUT2D eigenvalue weighted by atomic mass is 16.1. The molecule has 0 unspecified atom stereocenters. The van der Waals surface area contributed by atoms with Crippen molar-refractivity contribution in [2.45, 2.75) is 52.7 Å². The van der Waals surface area contributed by atoms with Crippen molar-refractivity contribution in [3.8, 4) is 0 Å². The van der Waals surface area contributed by atoms with Gasteiger partial charge in [0, 0.05) is 36.8 Å². The maximum Gasteiger partial charge on any atom is 0.223 e. The molecule has 1 fully saturated rings. The summed E-state index contributed by atoms with van der Waals surface area (Å²) in [5.74, 6) is 0.303. The summed E-state index contributed by atoms with van der Waals surface area (Å²) in [4.78, 5) is 15.3. The Morgan fingerprint density at radius 1 is 0.889 bits per heavy atom. The van der Waals surface area contributed by atoms with Crippen molar-refractivity contribution in [3.05, 3.63) is 107 Å². The monoisotopic (exact) mass is 479 g/mol. The lowest BCUT2D eigenvalue weighted by molar-refractivity contribution is -0.126. The van der Waals surface area contributed by atoms with Crippen LogP contribution in [-0.2, 0) is 30.8 Å². The zero-order chi connectivity index (χ0) is 24.9. The van der Waals surface area contributed by atoms with Crippen LogP contribution in [0.15, 0.2) is 78.9 Å². The Hall–Kier alpha value is -3.37. The number of hydrogen-bond acceptors (Lipinski definition) is 2. The predicted molar refractivity (Wildman–Crippen MR) is 148 cm³/mol. The number of nitrogens with zero attached hydrogens (tertiary/aromatic N) is 2. The van der Waals surface area contributed by atoms with Crippen LogP contribution in [-0.4, -0.2) is 28.5 Å². The number of carbonyl (C=O) groups is 1. The van der Waals surface area contributed by atoms with Gasteiger partial charge in [-0.15, -0.1) is 0 Å². The highest BCUT2D eigenvalue weighted by molar-refractivity contribution is 5.81. The van der Waals surface area contributed by atoms with Gasteiger partial charge in [0.05, 0.1) is 0 Å². The van der Waals surface area contributed by atoms with Gasteiger partial charge >= 0.3 is 0 Å². The summed E-state index contributed by atoms with van der Waals surface area (Å²) in [5.41, 5.74) is 7.82. The van der Waals surface area contributed by atoms with Crippen molar-refractivity contribution in [1.82, 2.24) is 14.8 Å². The highest BCUT2D eigenvalue weighted by Gasteiger charge is 2.25. The summed E-state index contributed by atoms with van der Waals surface area (Å²) in [6, 6.07) is 28.2. The number of piperidine rings is 1. The van der Waals surface area contributed by atoms with E-state index in [9.17, 15) is 4.79 Å². The first-order valence-electron chi connectivity index (χ1n) is 13.3. The fourth-order valence-corrected chi connectivity index (χ4v) is 5.35. The molecule has 3 aromatic carbocycles. The summed E-state index contributed by atoms with van der Waals surface area (Å²) < 4.78 is 2.47. The number of carbonyl (C=O) groups excluding carboxylic acids is 1. The zero-order valence-corrected chi connectivity index (χ0v) is 21.5. The summed E-state index contributed by atoms with van der Waals surface area (Å²) in [5, 5.41) is 4.46. The lowest BCUT2D eigenvalue weighted by Gasteiger charge is -2.31. The molecule has 1 aliphatic rings. The second kappa shape index (κ2) is 11.1. The maximum atomic E-state index is 12.8. The molecule has 0 radical (unpaired) electrons. The van der Waals surface area contributed by atoms with Crippen LogP contribution in [0.5, 0.6) is 0 Å². The van der Waals surface area contributed by atoms with Crippen LogP contribution in [0.1, 0.15) is 47.7 Å². The quantitative estimate of drug-likeness (QED) is 0.332. The van der Waals surface area contributed by atoms with Gasteiger partial charge in [0.15, 0.2) is 0 Å². The van der Waals surface area contributed by atoms with Gasteiger partial charge in [-0.25, -0.2) is 0 Å². The van der Waals surface area contributed by atoms with Gasteiger partial charge in [0.2, 0.25) is 5.91 Å². The van der Waals surface area contributed by atoms with Crippen molar-refractivity contribution < 1.29 is 4.79 Å². The SMILES string of the molecule is CCc1ccc(CNC(=O)C2CCN(Cc3cc4ccccc4n3Cc3ccccc3C)CC2)cc1. The van der Waals surface area contributed by atoms with E-state index in [4.69, 9.17) is 0 Å². The van der Waals surface area contributed by atoms with Gasteiger partial charge in [0.1, 0.15) is 0 Å². The molecule has 4 aromatic rings. The molecule has 1 N–H and O–H groups in total. The second-order valence-corrected chi connectivity index (χ2v) is 10.1. The number of benzene rings is 3. The number of aryl methyl sites for hydroxylation is 2. The topological polar surface area (TPSA) is 37.3 Å². The number of amides is 1. The van der Waals surface area contributed by atoms with Gasteiger partial charge in [-0.2, -0.15) is 0 Å². The molecule has 0 bridgehead atoms. The van der Waals surface area contributed by atoms with Crippen molar-refractivity contribution in [2.75, 3.05) is 13.1 Å². The first-order chi connectivity index (χ1) is 17.6. The van der Waals surface area contributed by atoms with Gasteiger partial charge in [-0.1, -0.05) is 73.7 Å². The fraction of sp³-hybridized carbons (Fsp3) is 0.344.